The summed E-state index contributed by atoms with van der Waals surface area (Å²) in [5.41, 5.74) is 2.29. The van der Waals surface area contributed by atoms with Crippen molar-refractivity contribution in [3.05, 3.63) is 51.2 Å². The first-order valence-corrected chi connectivity index (χ1v) is 9.43. The molecule has 6 heteroatoms. The summed E-state index contributed by atoms with van der Waals surface area (Å²) in [5.74, 6) is -0.253. The Morgan fingerprint density at radius 3 is 2.65 bits per heavy atom. The van der Waals surface area contributed by atoms with Gasteiger partial charge in [0, 0.05) is 23.1 Å². The molecule has 0 fully saturated rings. The fraction of sp³-hybridized carbons (Fsp3) is 0.350. The van der Waals surface area contributed by atoms with Gasteiger partial charge in [0.25, 0.3) is 0 Å². The van der Waals surface area contributed by atoms with E-state index in [2.05, 4.69) is 12.2 Å². The molecular formula is C20H21NO4S. The summed E-state index contributed by atoms with van der Waals surface area (Å²) in [5, 5.41) is 2.64. The Kier molecular flexibility index (Phi) is 5.52. The molecule has 1 aromatic carbocycles. The van der Waals surface area contributed by atoms with Crippen LogP contribution >= 0.6 is 11.3 Å². The lowest BCUT2D eigenvalue weighted by molar-refractivity contribution is -0.114. The third-order valence-electron chi connectivity index (χ3n) is 4.39. The monoisotopic (exact) mass is 371 g/mol. The van der Waals surface area contributed by atoms with Crippen molar-refractivity contribution < 1.29 is 19.1 Å². The van der Waals surface area contributed by atoms with Gasteiger partial charge in [-0.2, -0.15) is 0 Å². The highest BCUT2D eigenvalue weighted by Gasteiger charge is 2.22. The van der Waals surface area contributed by atoms with Crippen LogP contribution in [-0.4, -0.2) is 24.3 Å². The van der Waals surface area contributed by atoms with Crippen molar-refractivity contribution in [3.63, 3.8) is 0 Å². The minimum Gasteiger partial charge on any atom is -0.453 e. The molecule has 0 radical (unpaired) electrons. The summed E-state index contributed by atoms with van der Waals surface area (Å²) in [6.07, 6.45) is 3.15. The van der Waals surface area contributed by atoms with Crippen molar-refractivity contribution in [1.29, 1.82) is 0 Å². The largest absolute Gasteiger partial charge is 0.453 e. The van der Waals surface area contributed by atoms with E-state index in [0.717, 1.165) is 19.3 Å². The highest BCUT2D eigenvalue weighted by molar-refractivity contribution is 7.14. The fourth-order valence-electron chi connectivity index (χ4n) is 3.03. The van der Waals surface area contributed by atoms with Crippen LogP contribution in [0.5, 0.6) is 0 Å². The number of carbonyl (C=O) groups excluding carboxylic acids is 3. The molecule has 0 saturated carbocycles. The maximum Gasteiger partial charge on any atom is 0.348 e. The average molecular weight is 371 g/mol. The van der Waals surface area contributed by atoms with Gasteiger partial charge in [0.05, 0.1) is 0 Å². The van der Waals surface area contributed by atoms with Crippen LogP contribution < -0.4 is 5.32 Å². The van der Waals surface area contributed by atoms with E-state index in [1.54, 1.807) is 24.3 Å². The molecule has 1 aromatic heterocycles. The number of thiophene rings is 1. The topological polar surface area (TPSA) is 72.5 Å². The predicted octanol–water partition coefficient (Wildman–Crippen LogP) is 3.87. The smallest absolute Gasteiger partial charge is 0.348 e. The second kappa shape index (κ2) is 7.83. The van der Waals surface area contributed by atoms with Gasteiger partial charge in [0.1, 0.15) is 4.88 Å². The summed E-state index contributed by atoms with van der Waals surface area (Å²) in [7, 11) is 0. The van der Waals surface area contributed by atoms with E-state index >= 15 is 0 Å². The predicted molar refractivity (Wildman–Crippen MR) is 101 cm³/mol. The van der Waals surface area contributed by atoms with Crippen LogP contribution in [0.25, 0.3) is 0 Å². The van der Waals surface area contributed by atoms with Gasteiger partial charge in [-0.3, -0.25) is 9.59 Å². The highest BCUT2D eigenvalue weighted by Crippen LogP contribution is 2.32. The SMILES string of the molecule is CC(=O)Nc1ccc(C(=O)COC(=O)c2cc3c(s2)CC[C@@H](C)C3)cc1. The number of amides is 1. The number of anilines is 1. The molecule has 2 aromatic rings. The van der Waals surface area contributed by atoms with Crippen molar-refractivity contribution in [2.75, 3.05) is 11.9 Å². The number of rotatable bonds is 5. The molecule has 1 amide bonds. The van der Waals surface area contributed by atoms with Crippen LogP contribution in [0.1, 0.15) is 50.7 Å². The van der Waals surface area contributed by atoms with E-state index in [9.17, 15) is 14.4 Å². The third kappa shape index (κ3) is 4.38. The molecule has 1 aliphatic carbocycles. The number of ether oxygens (including phenoxy) is 1. The van der Waals surface area contributed by atoms with Crippen LogP contribution in [0, 0.1) is 5.92 Å². The minimum atomic E-state index is -0.444. The maximum atomic E-state index is 12.2. The Morgan fingerprint density at radius 1 is 1.23 bits per heavy atom. The number of ketones is 1. The Bertz CT molecular complexity index is 838. The molecule has 1 aliphatic rings. The Labute approximate surface area is 156 Å². The number of carbonyl (C=O) groups is 3. The van der Waals surface area contributed by atoms with E-state index < -0.39 is 5.97 Å². The number of Topliss-reactive ketones (excluding diaryl/α,β-unsaturated/α-hetero) is 1. The molecule has 0 spiro atoms. The highest BCUT2D eigenvalue weighted by atomic mass is 32.1. The van der Waals surface area contributed by atoms with Crippen LogP contribution in [-0.2, 0) is 22.4 Å². The van der Waals surface area contributed by atoms with E-state index in [4.69, 9.17) is 4.74 Å². The summed E-state index contributed by atoms with van der Waals surface area (Å²) in [6.45, 7) is 3.34. The molecule has 1 N–H and O–H groups in total. The number of aryl methyl sites for hydroxylation is 1. The quantitative estimate of drug-likeness (QED) is 0.640. The van der Waals surface area contributed by atoms with Gasteiger partial charge in [0.2, 0.25) is 5.91 Å². The first-order chi connectivity index (χ1) is 12.4. The van der Waals surface area contributed by atoms with Gasteiger partial charge in [-0.25, -0.2) is 4.79 Å². The molecule has 26 heavy (non-hydrogen) atoms. The lowest BCUT2D eigenvalue weighted by atomic mass is 9.90. The van der Waals surface area contributed by atoms with E-state index in [1.807, 2.05) is 6.07 Å². The van der Waals surface area contributed by atoms with Gasteiger partial charge >= 0.3 is 5.97 Å². The van der Waals surface area contributed by atoms with Crippen molar-refractivity contribution in [2.24, 2.45) is 5.92 Å². The summed E-state index contributed by atoms with van der Waals surface area (Å²) < 4.78 is 5.20. The van der Waals surface area contributed by atoms with E-state index in [0.29, 0.717) is 22.0 Å². The first-order valence-electron chi connectivity index (χ1n) is 8.62. The summed E-state index contributed by atoms with van der Waals surface area (Å²) in [6, 6.07) is 8.40. The van der Waals surface area contributed by atoms with Gasteiger partial charge in [-0.15, -0.1) is 11.3 Å². The van der Waals surface area contributed by atoms with E-state index in [-0.39, 0.29) is 18.3 Å². The zero-order chi connectivity index (χ0) is 18.7. The van der Waals surface area contributed by atoms with Gasteiger partial charge in [-0.05, 0) is 61.1 Å². The molecular weight excluding hydrogens is 350 g/mol. The Morgan fingerprint density at radius 2 is 1.96 bits per heavy atom. The molecule has 0 aliphatic heterocycles. The molecule has 3 rings (SSSR count). The minimum absolute atomic E-state index is 0.175. The number of benzene rings is 1. The molecule has 136 valence electrons. The second-order valence-corrected chi connectivity index (χ2v) is 7.80. The maximum absolute atomic E-state index is 12.2. The van der Waals surface area contributed by atoms with Gasteiger partial charge in [-0.1, -0.05) is 6.92 Å². The molecule has 1 atom stereocenters. The number of nitrogens with one attached hydrogen (secondary N) is 1. The normalized spacial score (nSPS) is 15.8. The lowest BCUT2D eigenvalue weighted by Gasteiger charge is -2.16. The number of esters is 1. The first kappa shape index (κ1) is 18.3. The van der Waals surface area contributed by atoms with Crippen LogP contribution in [0.3, 0.4) is 0 Å². The van der Waals surface area contributed by atoms with Crippen LogP contribution in [0.4, 0.5) is 5.69 Å². The van der Waals surface area contributed by atoms with Crippen LogP contribution in [0.15, 0.2) is 30.3 Å². The zero-order valence-electron chi connectivity index (χ0n) is 14.8. The van der Waals surface area contributed by atoms with Gasteiger partial charge in [0.15, 0.2) is 12.4 Å². The fourth-order valence-corrected chi connectivity index (χ4v) is 4.14. The van der Waals surface area contributed by atoms with Crippen molar-refractivity contribution in [2.45, 2.75) is 33.1 Å². The summed E-state index contributed by atoms with van der Waals surface area (Å²) in [4.78, 5) is 37.3. The van der Waals surface area contributed by atoms with Gasteiger partial charge < -0.3 is 10.1 Å². The molecule has 1 heterocycles. The second-order valence-electron chi connectivity index (χ2n) is 6.66. The molecule has 0 bridgehead atoms. The number of hydrogen-bond acceptors (Lipinski definition) is 5. The standard InChI is InChI=1S/C20H21NO4S/c1-12-3-8-18-15(9-12)10-19(26-18)20(24)25-11-17(23)14-4-6-16(7-5-14)21-13(2)22/h4-7,10,12H,3,8-9,11H2,1-2H3,(H,21,22)/t12-/m1/s1. The third-order valence-corrected chi connectivity index (χ3v) is 5.61. The molecule has 0 unspecified atom stereocenters. The van der Waals surface area contributed by atoms with E-state index in [1.165, 1.54) is 28.7 Å². The van der Waals surface area contributed by atoms with Crippen molar-refractivity contribution in [3.8, 4) is 0 Å². The number of hydrogen-bond donors (Lipinski definition) is 1. The molecule has 5 nitrogen and oxygen atoms in total. The average Bonchev–Trinajstić information content (AvgIpc) is 3.02. The van der Waals surface area contributed by atoms with Crippen molar-refractivity contribution in [1.82, 2.24) is 0 Å². The zero-order valence-corrected chi connectivity index (χ0v) is 15.7. The Hall–Kier alpha value is -2.47. The van der Waals surface area contributed by atoms with Crippen molar-refractivity contribution >= 4 is 34.7 Å². The summed E-state index contributed by atoms with van der Waals surface area (Å²) >= 11 is 1.47. The lowest BCUT2D eigenvalue weighted by Crippen LogP contribution is -2.13. The number of fused-ring (bicyclic) bond motifs is 1. The van der Waals surface area contributed by atoms with Crippen LogP contribution in [0.2, 0.25) is 0 Å². The molecule has 0 saturated heterocycles. The Balaban J connectivity index is 1.57.